The van der Waals surface area contributed by atoms with Crippen LogP contribution in [-0.4, -0.2) is 61.7 Å². The number of ether oxygens (including phenoxy) is 1. The van der Waals surface area contributed by atoms with E-state index in [1.165, 1.54) is 0 Å². The summed E-state index contributed by atoms with van der Waals surface area (Å²) >= 11 is 0. The number of carbonyl (C=O) groups is 1. The zero-order valence-corrected chi connectivity index (χ0v) is 12.4. The zero-order chi connectivity index (χ0) is 16.2. The van der Waals surface area contributed by atoms with Gasteiger partial charge < -0.3 is 14.5 Å². The van der Waals surface area contributed by atoms with Gasteiger partial charge in [-0.25, -0.2) is 0 Å². The minimum Gasteiger partial charge on any atom is -0.367 e. The maximum Gasteiger partial charge on any atom is 0.411 e. The number of amides is 1. The lowest BCUT2D eigenvalue weighted by Gasteiger charge is -2.32. The lowest BCUT2D eigenvalue weighted by atomic mass is 10.1. The van der Waals surface area contributed by atoms with E-state index in [9.17, 15) is 18.0 Å². The summed E-state index contributed by atoms with van der Waals surface area (Å²) in [5.74, 6) is -0.0455. The van der Waals surface area contributed by atoms with Crippen molar-refractivity contribution in [2.24, 2.45) is 0 Å². The Kier molecular flexibility index (Phi) is 5.42. The fourth-order valence-corrected chi connectivity index (χ4v) is 2.22. The third-order valence-electron chi connectivity index (χ3n) is 3.53. The molecule has 0 saturated carbocycles. The van der Waals surface area contributed by atoms with Gasteiger partial charge in [-0.15, -0.1) is 0 Å². The Labute approximate surface area is 127 Å². The molecule has 122 valence electrons. The van der Waals surface area contributed by atoms with Crippen molar-refractivity contribution in [2.75, 3.05) is 39.8 Å². The molecule has 0 aliphatic carbocycles. The van der Waals surface area contributed by atoms with E-state index in [0.717, 1.165) is 13.1 Å². The Morgan fingerprint density at radius 3 is 2.27 bits per heavy atom. The maximum absolute atomic E-state index is 12.3. The minimum absolute atomic E-state index is 0.0455. The summed E-state index contributed by atoms with van der Waals surface area (Å²) in [6, 6.07) is 6.51. The molecule has 1 saturated heterocycles. The normalized spacial score (nSPS) is 16.8. The molecule has 1 heterocycles. The molecule has 0 spiro atoms. The summed E-state index contributed by atoms with van der Waals surface area (Å²) in [7, 11) is 2.01. The van der Waals surface area contributed by atoms with Crippen LogP contribution in [0.3, 0.4) is 0 Å². The molecular weight excluding hydrogens is 297 g/mol. The lowest BCUT2D eigenvalue weighted by Crippen LogP contribution is -2.47. The van der Waals surface area contributed by atoms with Gasteiger partial charge in [0.05, 0.1) is 6.61 Å². The van der Waals surface area contributed by atoms with E-state index >= 15 is 0 Å². The van der Waals surface area contributed by atoms with E-state index in [2.05, 4.69) is 9.64 Å². The van der Waals surface area contributed by atoms with E-state index in [-0.39, 0.29) is 12.5 Å². The molecule has 1 aromatic rings. The van der Waals surface area contributed by atoms with Gasteiger partial charge in [0, 0.05) is 31.7 Å². The first-order valence-electron chi connectivity index (χ1n) is 7.06. The van der Waals surface area contributed by atoms with Crippen LogP contribution in [0.5, 0.6) is 0 Å². The first-order chi connectivity index (χ1) is 10.3. The summed E-state index contributed by atoms with van der Waals surface area (Å²) < 4.78 is 40.5. The van der Waals surface area contributed by atoms with Crippen molar-refractivity contribution in [1.29, 1.82) is 0 Å². The van der Waals surface area contributed by atoms with Crippen LogP contribution >= 0.6 is 0 Å². The molecule has 0 atom stereocenters. The standard InChI is InChI=1S/C15H19F3N2O2/c1-19-6-8-20(9-7-19)14(21)13-4-2-12(3-5-13)10-22-11-15(16,17)18/h2-5H,6-11H2,1H3. The van der Waals surface area contributed by atoms with Gasteiger partial charge in [0.2, 0.25) is 0 Å². The molecule has 22 heavy (non-hydrogen) atoms. The Bertz CT molecular complexity index is 495. The van der Waals surface area contributed by atoms with E-state index in [0.29, 0.717) is 24.2 Å². The smallest absolute Gasteiger partial charge is 0.367 e. The lowest BCUT2D eigenvalue weighted by molar-refractivity contribution is -0.176. The van der Waals surface area contributed by atoms with Crippen LogP contribution in [0.25, 0.3) is 0 Å². The maximum atomic E-state index is 12.3. The highest BCUT2D eigenvalue weighted by Gasteiger charge is 2.27. The van der Waals surface area contributed by atoms with Gasteiger partial charge in [-0.2, -0.15) is 13.2 Å². The Morgan fingerprint density at radius 1 is 1.14 bits per heavy atom. The summed E-state index contributed by atoms with van der Waals surface area (Å²) in [5, 5.41) is 0. The molecule has 1 fully saturated rings. The SMILES string of the molecule is CN1CCN(C(=O)c2ccc(COCC(F)(F)F)cc2)CC1. The Morgan fingerprint density at radius 2 is 1.73 bits per heavy atom. The van der Waals surface area contributed by atoms with Gasteiger partial charge in [0.1, 0.15) is 6.61 Å². The van der Waals surface area contributed by atoms with Crippen LogP contribution in [0.2, 0.25) is 0 Å². The fourth-order valence-electron chi connectivity index (χ4n) is 2.22. The molecule has 0 N–H and O–H groups in total. The van der Waals surface area contributed by atoms with Gasteiger partial charge in [0.15, 0.2) is 0 Å². The number of nitrogens with zero attached hydrogens (tertiary/aromatic N) is 2. The number of halogens is 3. The molecule has 1 amide bonds. The molecule has 1 aromatic carbocycles. The Hall–Kier alpha value is -1.60. The number of rotatable bonds is 4. The van der Waals surface area contributed by atoms with Crippen molar-refractivity contribution < 1.29 is 22.7 Å². The first-order valence-corrected chi connectivity index (χ1v) is 7.06. The molecule has 2 rings (SSSR count). The second-order valence-electron chi connectivity index (χ2n) is 5.40. The van der Waals surface area contributed by atoms with Crippen molar-refractivity contribution in [3.63, 3.8) is 0 Å². The average molecular weight is 316 g/mol. The van der Waals surface area contributed by atoms with Crippen LogP contribution in [0.1, 0.15) is 15.9 Å². The van der Waals surface area contributed by atoms with Gasteiger partial charge in [-0.3, -0.25) is 4.79 Å². The van der Waals surface area contributed by atoms with E-state index in [1.54, 1.807) is 29.2 Å². The minimum atomic E-state index is -4.32. The predicted molar refractivity (Wildman–Crippen MR) is 75.6 cm³/mol. The summed E-state index contributed by atoms with van der Waals surface area (Å²) in [4.78, 5) is 16.2. The highest BCUT2D eigenvalue weighted by Crippen LogP contribution is 2.16. The zero-order valence-electron chi connectivity index (χ0n) is 12.4. The molecule has 1 aliphatic heterocycles. The summed E-state index contributed by atoms with van der Waals surface area (Å²) in [6.07, 6.45) is -4.32. The van der Waals surface area contributed by atoms with Crippen molar-refractivity contribution in [3.05, 3.63) is 35.4 Å². The number of benzene rings is 1. The van der Waals surface area contributed by atoms with Gasteiger partial charge in [0.25, 0.3) is 5.91 Å². The quantitative estimate of drug-likeness (QED) is 0.853. The third-order valence-corrected chi connectivity index (χ3v) is 3.53. The number of likely N-dealkylation sites (N-methyl/N-ethyl adjacent to an activating group) is 1. The molecule has 0 radical (unpaired) electrons. The van der Waals surface area contributed by atoms with Crippen LogP contribution in [0, 0.1) is 0 Å². The number of hydrogen-bond acceptors (Lipinski definition) is 3. The highest BCUT2D eigenvalue weighted by atomic mass is 19.4. The van der Waals surface area contributed by atoms with Crippen LogP contribution in [-0.2, 0) is 11.3 Å². The second kappa shape index (κ2) is 7.11. The molecule has 0 aromatic heterocycles. The predicted octanol–water partition coefficient (Wildman–Crippen LogP) is 2.15. The summed E-state index contributed by atoms with van der Waals surface area (Å²) in [5.41, 5.74) is 1.16. The number of piperazine rings is 1. The molecule has 4 nitrogen and oxygen atoms in total. The number of carbonyl (C=O) groups excluding carboxylic acids is 1. The first kappa shape index (κ1) is 16.8. The van der Waals surface area contributed by atoms with Gasteiger partial charge in [-0.05, 0) is 24.7 Å². The van der Waals surface area contributed by atoms with E-state index in [1.807, 2.05) is 7.05 Å². The van der Waals surface area contributed by atoms with Gasteiger partial charge >= 0.3 is 6.18 Å². The van der Waals surface area contributed by atoms with Crippen molar-refractivity contribution in [3.8, 4) is 0 Å². The van der Waals surface area contributed by atoms with E-state index in [4.69, 9.17) is 0 Å². The molecule has 0 unspecified atom stereocenters. The highest BCUT2D eigenvalue weighted by molar-refractivity contribution is 5.94. The van der Waals surface area contributed by atoms with Crippen molar-refractivity contribution in [2.45, 2.75) is 12.8 Å². The number of alkyl halides is 3. The topological polar surface area (TPSA) is 32.8 Å². The molecule has 7 heteroatoms. The molecule has 1 aliphatic rings. The molecular formula is C15H19F3N2O2. The second-order valence-corrected chi connectivity index (χ2v) is 5.40. The monoisotopic (exact) mass is 316 g/mol. The van der Waals surface area contributed by atoms with Crippen LogP contribution in [0.15, 0.2) is 24.3 Å². The van der Waals surface area contributed by atoms with Crippen molar-refractivity contribution >= 4 is 5.91 Å². The van der Waals surface area contributed by atoms with Crippen molar-refractivity contribution in [1.82, 2.24) is 9.80 Å². The molecule has 0 bridgehead atoms. The number of hydrogen-bond donors (Lipinski definition) is 0. The van der Waals surface area contributed by atoms with Gasteiger partial charge in [-0.1, -0.05) is 12.1 Å². The third kappa shape index (κ3) is 4.99. The Balaban J connectivity index is 1.87. The largest absolute Gasteiger partial charge is 0.411 e. The van der Waals surface area contributed by atoms with Crippen LogP contribution in [0.4, 0.5) is 13.2 Å². The average Bonchev–Trinajstić information content (AvgIpc) is 2.47. The summed E-state index contributed by atoms with van der Waals surface area (Å²) in [6.45, 7) is 1.67. The van der Waals surface area contributed by atoms with Crippen LogP contribution < -0.4 is 0 Å². The fraction of sp³-hybridized carbons (Fsp3) is 0.533. The van der Waals surface area contributed by atoms with E-state index < -0.39 is 12.8 Å².